The summed E-state index contributed by atoms with van der Waals surface area (Å²) >= 11 is 0. The molecule has 0 amide bonds. The van der Waals surface area contributed by atoms with Crippen molar-refractivity contribution in [1.82, 2.24) is 4.98 Å². The molecule has 1 aliphatic rings. The standard InChI is InChI=1S/C14H20N2O2/c1-14(2)7-4-3-5-11(14)16-12-9-10(13(17)18)6-8-15-12/h6,8-9,11H,3-5,7H2,1-2H3,(H,15,16)(H,17,18). The van der Waals surface area contributed by atoms with Crippen molar-refractivity contribution in [1.29, 1.82) is 0 Å². The Bertz CT molecular complexity index is 443. The number of anilines is 1. The number of carboxylic acid groups (broad SMARTS) is 1. The molecule has 18 heavy (non-hydrogen) atoms. The summed E-state index contributed by atoms with van der Waals surface area (Å²) in [7, 11) is 0. The van der Waals surface area contributed by atoms with Crippen LogP contribution in [0.5, 0.6) is 0 Å². The van der Waals surface area contributed by atoms with Crippen molar-refractivity contribution < 1.29 is 9.90 Å². The van der Waals surface area contributed by atoms with Gasteiger partial charge in [-0.05, 0) is 30.4 Å². The van der Waals surface area contributed by atoms with Gasteiger partial charge in [0.05, 0.1) is 5.56 Å². The molecule has 2 N–H and O–H groups in total. The van der Waals surface area contributed by atoms with Crippen molar-refractivity contribution in [2.75, 3.05) is 5.32 Å². The van der Waals surface area contributed by atoms with Crippen LogP contribution in [0.2, 0.25) is 0 Å². The Morgan fingerprint density at radius 1 is 1.50 bits per heavy atom. The topological polar surface area (TPSA) is 62.2 Å². The van der Waals surface area contributed by atoms with Gasteiger partial charge in [0.15, 0.2) is 0 Å². The SMILES string of the molecule is CC1(C)CCCCC1Nc1cc(C(=O)O)ccn1. The molecule has 0 spiro atoms. The summed E-state index contributed by atoms with van der Waals surface area (Å²) in [6, 6.07) is 3.48. The maximum Gasteiger partial charge on any atom is 0.335 e. The molecule has 1 aromatic rings. The fourth-order valence-electron chi connectivity index (χ4n) is 2.58. The molecule has 0 radical (unpaired) electrons. The monoisotopic (exact) mass is 248 g/mol. The van der Waals surface area contributed by atoms with Crippen LogP contribution in [0.4, 0.5) is 5.82 Å². The molecule has 4 heteroatoms. The molecule has 4 nitrogen and oxygen atoms in total. The minimum absolute atomic E-state index is 0.235. The van der Waals surface area contributed by atoms with Crippen LogP contribution in [0.3, 0.4) is 0 Å². The van der Waals surface area contributed by atoms with Crippen LogP contribution in [0.15, 0.2) is 18.3 Å². The Morgan fingerprint density at radius 2 is 2.28 bits per heavy atom. The lowest BCUT2D eigenvalue weighted by molar-refractivity contribution is 0.0697. The summed E-state index contributed by atoms with van der Waals surface area (Å²) in [6.07, 6.45) is 6.35. The second-order valence-corrected chi connectivity index (χ2v) is 5.67. The number of carbonyl (C=O) groups is 1. The van der Waals surface area contributed by atoms with Gasteiger partial charge in [-0.1, -0.05) is 26.7 Å². The van der Waals surface area contributed by atoms with E-state index in [0.29, 0.717) is 11.9 Å². The molecule has 1 aliphatic carbocycles. The highest BCUT2D eigenvalue weighted by Gasteiger charge is 2.32. The van der Waals surface area contributed by atoms with E-state index in [0.717, 1.165) is 6.42 Å². The fourth-order valence-corrected chi connectivity index (χ4v) is 2.58. The molecule has 0 saturated heterocycles. The minimum atomic E-state index is -0.914. The number of aromatic carboxylic acids is 1. The summed E-state index contributed by atoms with van der Waals surface area (Å²) in [5.41, 5.74) is 0.514. The van der Waals surface area contributed by atoms with Gasteiger partial charge in [-0.25, -0.2) is 9.78 Å². The lowest BCUT2D eigenvalue weighted by Crippen LogP contribution is -2.39. The van der Waals surface area contributed by atoms with Crippen LogP contribution in [-0.4, -0.2) is 22.1 Å². The van der Waals surface area contributed by atoms with E-state index in [1.165, 1.54) is 25.3 Å². The van der Waals surface area contributed by atoms with Gasteiger partial charge in [0.25, 0.3) is 0 Å². The van der Waals surface area contributed by atoms with Crippen LogP contribution in [0.25, 0.3) is 0 Å². The van der Waals surface area contributed by atoms with E-state index in [4.69, 9.17) is 5.11 Å². The summed E-state index contributed by atoms with van der Waals surface area (Å²) in [6.45, 7) is 4.51. The van der Waals surface area contributed by atoms with Crippen molar-refractivity contribution in [2.24, 2.45) is 5.41 Å². The molecular formula is C14H20N2O2. The van der Waals surface area contributed by atoms with E-state index in [9.17, 15) is 4.79 Å². The number of hydrogen-bond acceptors (Lipinski definition) is 3. The molecule has 0 bridgehead atoms. The van der Waals surface area contributed by atoms with Gasteiger partial charge in [0.2, 0.25) is 0 Å². The molecule has 1 heterocycles. The first-order valence-corrected chi connectivity index (χ1v) is 6.45. The number of carboxylic acids is 1. The summed E-state index contributed by atoms with van der Waals surface area (Å²) in [5.74, 6) is -0.252. The normalized spacial score (nSPS) is 22.4. The highest BCUT2D eigenvalue weighted by molar-refractivity contribution is 5.88. The largest absolute Gasteiger partial charge is 0.478 e. The Hall–Kier alpha value is -1.58. The first-order chi connectivity index (χ1) is 8.49. The number of aromatic nitrogens is 1. The predicted octanol–water partition coefficient (Wildman–Crippen LogP) is 3.16. The Kier molecular flexibility index (Phi) is 3.55. The van der Waals surface area contributed by atoms with Crippen LogP contribution in [-0.2, 0) is 0 Å². The third-order valence-electron chi connectivity index (χ3n) is 3.84. The van der Waals surface area contributed by atoms with E-state index in [1.54, 1.807) is 12.3 Å². The molecule has 1 atom stereocenters. The highest BCUT2D eigenvalue weighted by atomic mass is 16.4. The van der Waals surface area contributed by atoms with E-state index in [2.05, 4.69) is 24.1 Å². The number of rotatable bonds is 3. The van der Waals surface area contributed by atoms with Crippen molar-refractivity contribution in [3.63, 3.8) is 0 Å². The molecule has 2 rings (SSSR count). The molecule has 1 unspecified atom stereocenters. The van der Waals surface area contributed by atoms with E-state index < -0.39 is 5.97 Å². The number of nitrogens with one attached hydrogen (secondary N) is 1. The van der Waals surface area contributed by atoms with E-state index >= 15 is 0 Å². The van der Waals surface area contributed by atoms with Gasteiger partial charge in [-0.3, -0.25) is 0 Å². The van der Waals surface area contributed by atoms with Gasteiger partial charge in [-0.2, -0.15) is 0 Å². The quantitative estimate of drug-likeness (QED) is 0.862. The third-order valence-corrected chi connectivity index (χ3v) is 3.84. The summed E-state index contributed by atoms with van der Waals surface area (Å²) < 4.78 is 0. The maximum atomic E-state index is 10.9. The Labute approximate surface area is 107 Å². The summed E-state index contributed by atoms with van der Waals surface area (Å²) in [5, 5.41) is 12.4. The van der Waals surface area contributed by atoms with E-state index in [-0.39, 0.29) is 11.0 Å². The van der Waals surface area contributed by atoms with E-state index in [1.807, 2.05) is 0 Å². The smallest absolute Gasteiger partial charge is 0.335 e. The average molecular weight is 248 g/mol. The zero-order valence-electron chi connectivity index (χ0n) is 10.9. The fraction of sp³-hybridized carbons (Fsp3) is 0.571. The molecule has 98 valence electrons. The van der Waals surface area contributed by atoms with Crippen molar-refractivity contribution in [2.45, 2.75) is 45.6 Å². The van der Waals surface area contributed by atoms with Gasteiger partial charge in [0, 0.05) is 12.2 Å². The van der Waals surface area contributed by atoms with Gasteiger partial charge < -0.3 is 10.4 Å². The Morgan fingerprint density at radius 3 is 2.94 bits per heavy atom. The number of hydrogen-bond donors (Lipinski definition) is 2. The predicted molar refractivity (Wildman–Crippen MR) is 70.9 cm³/mol. The second-order valence-electron chi connectivity index (χ2n) is 5.67. The summed E-state index contributed by atoms with van der Waals surface area (Å²) in [4.78, 5) is 15.1. The van der Waals surface area contributed by atoms with Crippen molar-refractivity contribution in [3.8, 4) is 0 Å². The highest BCUT2D eigenvalue weighted by Crippen LogP contribution is 2.36. The molecule has 1 fully saturated rings. The maximum absolute atomic E-state index is 10.9. The van der Waals surface area contributed by atoms with Crippen LogP contribution < -0.4 is 5.32 Å². The van der Waals surface area contributed by atoms with Gasteiger partial charge in [-0.15, -0.1) is 0 Å². The van der Waals surface area contributed by atoms with Crippen molar-refractivity contribution >= 4 is 11.8 Å². The van der Waals surface area contributed by atoms with Gasteiger partial charge >= 0.3 is 5.97 Å². The molecular weight excluding hydrogens is 228 g/mol. The molecule has 1 saturated carbocycles. The lowest BCUT2D eigenvalue weighted by Gasteiger charge is -2.39. The first-order valence-electron chi connectivity index (χ1n) is 6.45. The Balaban J connectivity index is 2.13. The molecule has 1 aromatic heterocycles. The second kappa shape index (κ2) is 4.96. The molecule has 0 aliphatic heterocycles. The van der Waals surface area contributed by atoms with Crippen LogP contribution in [0, 0.1) is 5.41 Å². The third kappa shape index (κ3) is 2.81. The minimum Gasteiger partial charge on any atom is -0.478 e. The van der Waals surface area contributed by atoms with Gasteiger partial charge in [0.1, 0.15) is 5.82 Å². The van der Waals surface area contributed by atoms with Crippen LogP contribution >= 0.6 is 0 Å². The average Bonchev–Trinajstić information content (AvgIpc) is 2.32. The molecule has 0 aromatic carbocycles. The van der Waals surface area contributed by atoms with Crippen molar-refractivity contribution in [3.05, 3.63) is 23.9 Å². The first kappa shape index (κ1) is 12.9. The zero-order valence-corrected chi connectivity index (χ0v) is 10.9. The zero-order chi connectivity index (χ0) is 13.2. The number of pyridine rings is 1. The lowest BCUT2D eigenvalue weighted by atomic mass is 9.73. The number of nitrogens with zero attached hydrogens (tertiary/aromatic N) is 1. The van der Waals surface area contributed by atoms with Crippen LogP contribution in [0.1, 0.15) is 49.9 Å².